The number of Topliss-reactive ketones (excluding diaryl/α,β-unsaturated/α-hetero) is 1. The molecular weight excluding hydrogens is 228 g/mol. The van der Waals surface area contributed by atoms with E-state index < -0.39 is 5.41 Å². The van der Waals surface area contributed by atoms with Gasteiger partial charge in [-0.15, -0.1) is 0 Å². The molecule has 0 amide bonds. The highest BCUT2D eigenvalue weighted by molar-refractivity contribution is 6.06. The van der Waals surface area contributed by atoms with Crippen LogP contribution >= 0.6 is 0 Å². The van der Waals surface area contributed by atoms with Gasteiger partial charge in [-0.25, -0.2) is 0 Å². The van der Waals surface area contributed by atoms with E-state index in [9.17, 15) is 9.59 Å². The van der Waals surface area contributed by atoms with Gasteiger partial charge in [-0.2, -0.15) is 0 Å². The first-order valence-electron chi connectivity index (χ1n) is 7.14. The van der Waals surface area contributed by atoms with Crippen LogP contribution in [0.3, 0.4) is 0 Å². The van der Waals surface area contributed by atoms with Crippen LogP contribution in [0.5, 0.6) is 0 Å². The smallest absolute Gasteiger partial charge is 0.319 e. The summed E-state index contributed by atoms with van der Waals surface area (Å²) in [5.41, 5.74) is -0.793. The minimum atomic E-state index is -0.793. The monoisotopic (exact) mass is 252 g/mol. The SMILES string of the molecule is COC(=O)C1(C(=O)C2CCCC2)CC(C(C)C)C1. The molecule has 0 radical (unpaired) electrons. The van der Waals surface area contributed by atoms with Gasteiger partial charge in [0.05, 0.1) is 7.11 Å². The Morgan fingerprint density at radius 1 is 1.17 bits per heavy atom. The van der Waals surface area contributed by atoms with Crippen LogP contribution in [0.25, 0.3) is 0 Å². The van der Waals surface area contributed by atoms with E-state index in [4.69, 9.17) is 4.74 Å². The summed E-state index contributed by atoms with van der Waals surface area (Å²) in [6, 6.07) is 0. The number of carbonyl (C=O) groups is 2. The van der Waals surface area contributed by atoms with Crippen molar-refractivity contribution in [2.24, 2.45) is 23.2 Å². The van der Waals surface area contributed by atoms with Gasteiger partial charge in [0.2, 0.25) is 0 Å². The highest BCUT2D eigenvalue weighted by atomic mass is 16.5. The zero-order chi connectivity index (χ0) is 13.3. The molecule has 102 valence electrons. The van der Waals surface area contributed by atoms with Crippen molar-refractivity contribution in [1.29, 1.82) is 0 Å². The number of esters is 1. The molecule has 2 saturated carbocycles. The van der Waals surface area contributed by atoms with Crippen LogP contribution in [-0.2, 0) is 14.3 Å². The Morgan fingerprint density at radius 3 is 2.17 bits per heavy atom. The lowest BCUT2D eigenvalue weighted by molar-refractivity contribution is -0.171. The van der Waals surface area contributed by atoms with Crippen LogP contribution in [-0.4, -0.2) is 18.9 Å². The van der Waals surface area contributed by atoms with Crippen LogP contribution in [0.2, 0.25) is 0 Å². The third kappa shape index (κ3) is 2.08. The van der Waals surface area contributed by atoms with Crippen molar-refractivity contribution in [2.75, 3.05) is 7.11 Å². The zero-order valence-electron chi connectivity index (χ0n) is 11.7. The molecule has 2 fully saturated rings. The number of ether oxygens (including phenoxy) is 1. The van der Waals surface area contributed by atoms with Gasteiger partial charge in [0.15, 0.2) is 5.78 Å². The van der Waals surface area contributed by atoms with Gasteiger partial charge in [0.1, 0.15) is 5.41 Å². The molecule has 0 spiro atoms. The van der Waals surface area contributed by atoms with E-state index in [-0.39, 0.29) is 17.7 Å². The number of hydrogen-bond acceptors (Lipinski definition) is 3. The minimum Gasteiger partial charge on any atom is -0.468 e. The number of hydrogen-bond donors (Lipinski definition) is 0. The summed E-state index contributed by atoms with van der Waals surface area (Å²) in [7, 11) is 1.40. The van der Waals surface area contributed by atoms with Gasteiger partial charge in [-0.05, 0) is 37.5 Å². The first-order chi connectivity index (χ1) is 8.51. The molecule has 0 bridgehead atoms. The third-order valence-electron chi connectivity index (χ3n) is 4.94. The minimum absolute atomic E-state index is 0.109. The maximum Gasteiger partial charge on any atom is 0.319 e. The molecule has 2 aliphatic carbocycles. The summed E-state index contributed by atoms with van der Waals surface area (Å²) in [5.74, 6) is 1.02. The first kappa shape index (κ1) is 13.6. The Balaban J connectivity index is 2.12. The Kier molecular flexibility index (Phi) is 3.79. The van der Waals surface area contributed by atoms with Gasteiger partial charge in [0.25, 0.3) is 0 Å². The largest absolute Gasteiger partial charge is 0.468 e. The van der Waals surface area contributed by atoms with Gasteiger partial charge in [0, 0.05) is 5.92 Å². The second kappa shape index (κ2) is 5.02. The standard InChI is InChI=1S/C15H24O3/c1-10(2)12-8-15(9-12,14(17)18-3)13(16)11-6-4-5-7-11/h10-12H,4-9H2,1-3H3. The van der Waals surface area contributed by atoms with E-state index in [0.717, 1.165) is 25.7 Å². The second-order valence-corrected chi connectivity index (χ2v) is 6.33. The maximum absolute atomic E-state index is 12.6. The summed E-state index contributed by atoms with van der Waals surface area (Å²) >= 11 is 0. The number of ketones is 1. The molecule has 3 nitrogen and oxygen atoms in total. The average Bonchev–Trinajstić information content (AvgIpc) is 2.79. The second-order valence-electron chi connectivity index (χ2n) is 6.33. The molecule has 0 aromatic carbocycles. The van der Waals surface area contributed by atoms with Crippen molar-refractivity contribution in [1.82, 2.24) is 0 Å². The number of carbonyl (C=O) groups excluding carboxylic acids is 2. The topological polar surface area (TPSA) is 43.4 Å². The first-order valence-corrected chi connectivity index (χ1v) is 7.14. The van der Waals surface area contributed by atoms with Crippen LogP contribution in [0.15, 0.2) is 0 Å². The van der Waals surface area contributed by atoms with Crippen LogP contribution in [0.4, 0.5) is 0 Å². The predicted molar refractivity (Wildman–Crippen MR) is 69.0 cm³/mol. The highest BCUT2D eigenvalue weighted by Crippen LogP contribution is 2.52. The van der Waals surface area contributed by atoms with Crippen LogP contribution < -0.4 is 0 Å². The number of methoxy groups -OCH3 is 1. The molecule has 0 saturated heterocycles. The van der Waals surface area contributed by atoms with E-state index in [1.165, 1.54) is 7.11 Å². The lowest BCUT2D eigenvalue weighted by Gasteiger charge is -2.47. The maximum atomic E-state index is 12.6. The van der Waals surface area contributed by atoms with E-state index >= 15 is 0 Å². The quantitative estimate of drug-likeness (QED) is 0.570. The van der Waals surface area contributed by atoms with Crippen molar-refractivity contribution in [3.05, 3.63) is 0 Å². The molecule has 0 aromatic rings. The van der Waals surface area contributed by atoms with E-state index in [2.05, 4.69) is 13.8 Å². The zero-order valence-corrected chi connectivity index (χ0v) is 11.7. The molecule has 18 heavy (non-hydrogen) atoms. The van der Waals surface area contributed by atoms with Crippen molar-refractivity contribution in [2.45, 2.75) is 52.4 Å². The summed E-state index contributed by atoms with van der Waals surface area (Å²) in [6.07, 6.45) is 5.58. The van der Waals surface area contributed by atoms with Gasteiger partial charge < -0.3 is 4.74 Å². The third-order valence-corrected chi connectivity index (χ3v) is 4.94. The Hall–Kier alpha value is -0.860. The molecule has 0 N–H and O–H groups in total. The fourth-order valence-electron chi connectivity index (χ4n) is 3.55. The highest BCUT2D eigenvalue weighted by Gasteiger charge is 2.58. The predicted octanol–water partition coefficient (Wildman–Crippen LogP) is 2.97. The fourth-order valence-corrected chi connectivity index (χ4v) is 3.55. The van der Waals surface area contributed by atoms with Gasteiger partial charge in [-0.1, -0.05) is 26.7 Å². The lowest BCUT2D eigenvalue weighted by atomic mass is 9.55. The van der Waals surface area contributed by atoms with Crippen molar-refractivity contribution >= 4 is 11.8 Å². The van der Waals surface area contributed by atoms with E-state index in [0.29, 0.717) is 24.7 Å². The summed E-state index contributed by atoms with van der Waals surface area (Å²) in [6.45, 7) is 4.32. The molecule has 0 aromatic heterocycles. The van der Waals surface area contributed by atoms with E-state index in [1.54, 1.807) is 0 Å². The van der Waals surface area contributed by atoms with Crippen LogP contribution in [0, 0.1) is 23.2 Å². The lowest BCUT2D eigenvalue weighted by Crippen LogP contribution is -2.53. The molecule has 0 heterocycles. The number of rotatable bonds is 4. The summed E-state index contributed by atoms with van der Waals surface area (Å²) in [4.78, 5) is 24.7. The molecular formula is C15H24O3. The molecule has 0 aliphatic heterocycles. The van der Waals surface area contributed by atoms with Gasteiger partial charge >= 0.3 is 5.97 Å². The summed E-state index contributed by atoms with van der Waals surface area (Å²) in [5, 5.41) is 0. The molecule has 3 heteroatoms. The Labute approximate surface area is 109 Å². The Morgan fingerprint density at radius 2 is 1.72 bits per heavy atom. The van der Waals surface area contributed by atoms with Crippen molar-refractivity contribution in [3.8, 4) is 0 Å². The summed E-state index contributed by atoms with van der Waals surface area (Å²) < 4.78 is 4.91. The van der Waals surface area contributed by atoms with Gasteiger partial charge in [-0.3, -0.25) is 9.59 Å². The van der Waals surface area contributed by atoms with Crippen LogP contribution in [0.1, 0.15) is 52.4 Å². The Bertz CT molecular complexity index is 334. The molecule has 0 atom stereocenters. The molecule has 2 rings (SSSR count). The van der Waals surface area contributed by atoms with E-state index in [1.807, 2.05) is 0 Å². The van der Waals surface area contributed by atoms with Crippen molar-refractivity contribution < 1.29 is 14.3 Å². The normalized spacial score (nSPS) is 32.3. The molecule has 2 aliphatic rings. The molecule has 0 unspecified atom stereocenters. The fraction of sp³-hybridized carbons (Fsp3) is 0.867. The average molecular weight is 252 g/mol. The van der Waals surface area contributed by atoms with Crippen molar-refractivity contribution in [3.63, 3.8) is 0 Å².